The van der Waals surface area contributed by atoms with E-state index in [2.05, 4.69) is 27.8 Å². The predicted octanol–water partition coefficient (Wildman–Crippen LogP) is 0.922. The molecule has 0 aliphatic carbocycles. The second-order valence-corrected chi connectivity index (χ2v) is 2.85. The molecule has 0 unspecified atom stereocenters. The molecule has 1 heterocycles. The molecule has 1 rings (SSSR count). The molecule has 1 aromatic rings. The van der Waals surface area contributed by atoms with Crippen molar-refractivity contribution in [3.8, 4) is 5.88 Å². The van der Waals surface area contributed by atoms with Crippen molar-refractivity contribution in [2.75, 3.05) is 14.2 Å². The Balaban J connectivity index is 2.77. The normalized spacial score (nSPS) is 10.4. The van der Waals surface area contributed by atoms with Crippen molar-refractivity contribution in [3.63, 3.8) is 0 Å². The maximum atomic E-state index is 4.90. The Morgan fingerprint density at radius 1 is 1.69 bits per heavy atom. The molecule has 70 valence electrons. The van der Waals surface area contributed by atoms with Gasteiger partial charge in [-0.3, -0.25) is 0 Å². The van der Waals surface area contributed by atoms with Gasteiger partial charge in [-0.15, -0.1) is 0 Å². The number of thiol groups is 1. The number of aromatic nitrogens is 2. The van der Waals surface area contributed by atoms with Crippen molar-refractivity contribution in [1.82, 2.24) is 14.3 Å². The molecule has 0 saturated carbocycles. The Hall–Kier alpha value is -1.30. The lowest BCUT2D eigenvalue weighted by atomic mass is 10.6. The van der Waals surface area contributed by atoms with Crippen LogP contribution >= 0.6 is 12.8 Å². The molecule has 5 nitrogen and oxygen atoms in total. The highest BCUT2D eigenvalue weighted by Gasteiger charge is 1.95. The molecular weight excluding hydrogens is 188 g/mol. The third-order valence-electron chi connectivity index (χ3n) is 1.17. The van der Waals surface area contributed by atoms with Gasteiger partial charge in [0.1, 0.15) is 6.34 Å². The summed E-state index contributed by atoms with van der Waals surface area (Å²) in [5.41, 5.74) is 0. The van der Waals surface area contributed by atoms with E-state index >= 15 is 0 Å². The summed E-state index contributed by atoms with van der Waals surface area (Å²) in [5.74, 6) is 0.837. The molecule has 0 spiro atoms. The minimum atomic E-state index is 0.347. The van der Waals surface area contributed by atoms with E-state index in [-0.39, 0.29) is 0 Å². The molecule has 0 N–H and O–H groups in total. The predicted molar refractivity (Wildman–Crippen MR) is 53.5 cm³/mol. The van der Waals surface area contributed by atoms with Gasteiger partial charge < -0.3 is 9.04 Å². The summed E-state index contributed by atoms with van der Waals surface area (Å²) in [6, 6.07) is 1.66. The van der Waals surface area contributed by atoms with Crippen LogP contribution in [0.15, 0.2) is 17.3 Å². The van der Waals surface area contributed by atoms with Gasteiger partial charge in [-0.1, -0.05) is 12.8 Å². The summed E-state index contributed by atoms with van der Waals surface area (Å²) in [6.07, 6.45) is 3.08. The maximum absolute atomic E-state index is 4.90. The first-order chi connectivity index (χ1) is 6.22. The molecule has 1 aromatic heterocycles. The highest BCUT2D eigenvalue weighted by Crippen LogP contribution is 2.09. The fourth-order valence-corrected chi connectivity index (χ4v) is 0.695. The average Bonchev–Trinajstić information content (AvgIpc) is 2.15. The van der Waals surface area contributed by atoms with Crippen molar-refractivity contribution in [1.29, 1.82) is 0 Å². The van der Waals surface area contributed by atoms with Crippen molar-refractivity contribution in [3.05, 3.63) is 12.3 Å². The monoisotopic (exact) mass is 198 g/mol. The van der Waals surface area contributed by atoms with E-state index in [0.717, 1.165) is 0 Å². The first-order valence-electron chi connectivity index (χ1n) is 3.55. The van der Waals surface area contributed by atoms with E-state index in [4.69, 9.17) is 4.74 Å². The van der Waals surface area contributed by atoms with Crippen LogP contribution in [0.1, 0.15) is 0 Å². The highest BCUT2D eigenvalue weighted by molar-refractivity contribution is 7.78. The zero-order valence-electron chi connectivity index (χ0n) is 7.38. The van der Waals surface area contributed by atoms with Crippen LogP contribution in [0.3, 0.4) is 0 Å². The lowest BCUT2D eigenvalue weighted by Crippen LogP contribution is -1.99. The van der Waals surface area contributed by atoms with Crippen LogP contribution in [-0.4, -0.2) is 34.8 Å². The highest BCUT2D eigenvalue weighted by atomic mass is 32.1. The molecule has 0 atom stereocenters. The molecule has 0 fully saturated rings. The number of hydrogen-bond donors (Lipinski definition) is 1. The first kappa shape index (κ1) is 9.79. The number of nitrogens with zero attached hydrogens (tertiary/aromatic N) is 4. The quantitative estimate of drug-likeness (QED) is 0.446. The van der Waals surface area contributed by atoms with E-state index in [0.29, 0.717) is 11.8 Å². The maximum Gasteiger partial charge on any atom is 0.254 e. The summed E-state index contributed by atoms with van der Waals surface area (Å²) < 4.78 is 6.41. The topological polar surface area (TPSA) is 50.6 Å². The van der Waals surface area contributed by atoms with Gasteiger partial charge in [0.05, 0.1) is 7.11 Å². The Morgan fingerprint density at radius 3 is 3.08 bits per heavy atom. The summed E-state index contributed by atoms with van der Waals surface area (Å²) in [5, 5.41) is 0. The van der Waals surface area contributed by atoms with Crippen LogP contribution in [0.4, 0.5) is 5.95 Å². The van der Waals surface area contributed by atoms with Gasteiger partial charge in [-0.25, -0.2) is 9.98 Å². The zero-order chi connectivity index (χ0) is 9.68. The van der Waals surface area contributed by atoms with E-state index < -0.39 is 0 Å². The number of methoxy groups -OCH3 is 1. The lowest BCUT2D eigenvalue weighted by Gasteiger charge is -2.00. The third kappa shape index (κ3) is 3.29. The molecule has 0 bridgehead atoms. The molecule has 13 heavy (non-hydrogen) atoms. The van der Waals surface area contributed by atoms with E-state index in [1.165, 1.54) is 10.6 Å². The summed E-state index contributed by atoms with van der Waals surface area (Å²) >= 11 is 3.97. The molecule has 0 saturated heterocycles. The standard InChI is InChI=1S/C7H10N4OS/c1-11(13)5-9-7-8-4-3-6(10-7)12-2/h3-5,13H,1-2H3/b9-5+. The minimum absolute atomic E-state index is 0.347. The van der Waals surface area contributed by atoms with E-state index in [9.17, 15) is 0 Å². The van der Waals surface area contributed by atoms with Crippen molar-refractivity contribution >= 4 is 25.1 Å². The van der Waals surface area contributed by atoms with Crippen LogP contribution in [0.25, 0.3) is 0 Å². The summed E-state index contributed by atoms with van der Waals surface area (Å²) in [6.45, 7) is 0. The number of ether oxygens (including phenoxy) is 1. The smallest absolute Gasteiger partial charge is 0.254 e. The molecule has 0 radical (unpaired) electrons. The van der Waals surface area contributed by atoms with Crippen molar-refractivity contribution in [2.24, 2.45) is 4.99 Å². The summed E-state index contributed by atoms with van der Waals surface area (Å²) in [7, 11) is 3.29. The van der Waals surface area contributed by atoms with Crippen LogP contribution in [-0.2, 0) is 0 Å². The molecule has 0 aliphatic rings. The Labute approximate surface area is 82.0 Å². The molecular formula is C7H10N4OS. The van der Waals surface area contributed by atoms with Gasteiger partial charge in [0.25, 0.3) is 5.95 Å². The molecule has 6 heteroatoms. The fraction of sp³-hybridized carbons (Fsp3) is 0.286. The van der Waals surface area contributed by atoms with E-state index in [1.807, 2.05) is 0 Å². The van der Waals surface area contributed by atoms with Crippen LogP contribution in [0.5, 0.6) is 5.88 Å². The van der Waals surface area contributed by atoms with Gasteiger partial charge in [0, 0.05) is 19.3 Å². The second-order valence-electron chi connectivity index (χ2n) is 2.22. The average molecular weight is 198 g/mol. The van der Waals surface area contributed by atoms with Gasteiger partial charge in [0.2, 0.25) is 5.88 Å². The van der Waals surface area contributed by atoms with Gasteiger partial charge in [0.15, 0.2) is 0 Å². The second kappa shape index (κ2) is 4.66. The third-order valence-corrected chi connectivity index (χ3v) is 1.27. The Morgan fingerprint density at radius 2 is 2.46 bits per heavy atom. The minimum Gasteiger partial charge on any atom is -0.481 e. The van der Waals surface area contributed by atoms with Crippen molar-refractivity contribution < 1.29 is 4.74 Å². The van der Waals surface area contributed by atoms with Crippen LogP contribution in [0, 0.1) is 0 Å². The fourth-order valence-electron chi connectivity index (χ4n) is 0.643. The summed E-state index contributed by atoms with van der Waals surface area (Å²) in [4.78, 5) is 11.8. The number of aliphatic imine (C=N–C) groups is 1. The van der Waals surface area contributed by atoms with Crippen LogP contribution < -0.4 is 4.74 Å². The Bertz CT molecular complexity index is 302. The Kier molecular flexibility index (Phi) is 3.51. The van der Waals surface area contributed by atoms with Crippen LogP contribution in [0.2, 0.25) is 0 Å². The largest absolute Gasteiger partial charge is 0.481 e. The number of rotatable bonds is 3. The first-order valence-corrected chi connectivity index (χ1v) is 3.95. The van der Waals surface area contributed by atoms with Gasteiger partial charge >= 0.3 is 0 Å². The molecule has 0 aromatic carbocycles. The van der Waals surface area contributed by atoms with Crippen molar-refractivity contribution in [2.45, 2.75) is 0 Å². The van der Waals surface area contributed by atoms with Gasteiger partial charge in [-0.2, -0.15) is 4.98 Å². The molecule has 0 aliphatic heterocycles. The van der Waals surface area contributed by atoms with Gasteiger partial charge in [-0.05, 0) is 0 Å². The molecule has 0 amide bonds. The number of hydrogen-bond acceptors (Lipinski definition) is 5. The lowest BCUT2D eigenvalue weighted by molar-refractivity contribution is 0.397. The SMILES string of the molecule is COc1ccnc(/N=C/N(C)S)n1. The zero-order valence-corrected chi connectivity index (χ0v) is 8.27. The van der Waals surface area contributed by atoms with E-state index in [1.54, 1.807) is 26.4 Å².